The standard InChI is InChI=1S/C15H21N3O3/c16-14(19)10-21-13-5-1-3-12(9-13)18-15(20)7-6-11-4-2-8-17-11/h1,3,5,9,11,17H,2,4,6-8,10H2,(H2,16,19)(H,18,20). The molecule has 1 aromatic carbocycles. The number of carbonyl (C=O) groups is 2. The third-order valence-corrected chi connectivity index (χ3v) is 3.38. The van der Waals surface area contributed by atoms with Crippen molar-refractivity contribution in [2.24, 2.45) is 5.73 Å². The smallest absolute Gasteiger partial charge is 0.255 e. The molecule has 1 atom stereocenters. The highest BCUT2D eigenvalue weighted by atomic mass is 16.5. The van der Waals surface area contributed by atoms with E-state index in [1.165, 1.54) is 6.42 Å². The molecule has 0 bridgehead atoms. The molecule has 0 spiro atoms. The van der Waals surface area contributed by atoms with Crippen molar-refractivity contribution in [1.29, 1.82) is 0 Å². The number of primary amides is 1. The molecule has 2 rings (SSSR count). The van der Waals surface area contributed by atoms with E-state index in [-0.39, 0.29) is 12.5 Å². The van der Waals surface area contributed by atoms with Gasteiger partial charge in [-0.25, -0.2) is 0 Å². The number of carbonyl (C=O) groups excluding carboxylic acids is 2. The van der Waals surface area contributed by atoms with Crippen molar-refractivity contribution in [3.05, 3.63) is 24.3 Å². The summed E-state index contributed by atoms with van der Waals surface area (Å²) in [6.07, 6.45) is 3.67. The van der Waals surface area contributed by atoms with Crippen molar-refractivity contribution in [2.75, 3.05) is 18.5 Å². The first-order chi connectivity index (χ1) is 10.1. The van der Waals surface area contributed by atoms with E-state index in [0.717, 1.165) is 19.4 Å². The van der Waals surface area contributed by atoms with Crippen LogP contribution in [-0.2, 0) is 9.59 Å². The molecular formula is C15H21N3O3. The van der Waals surface area contributed by atoms with Crippen LogP contribution >= 0.6 is 0 Å². The molecular weight excluding hydrogens is 270 g/mol. The average molecular weight is 291 g/mol. The van der Waals surface area contributed by atoms with Crippen LogP contribution in [0.3, 0.4) is 0 Å². The number of ether oxygens (including phenoxy) is 1. The Morgan fingerprint density at radius 3 is 3.00 bits per heavy atom. The van der Waals surface area contributed by atoms with E-state index < -0.39 is 5.91 Å². The highest BCUT2D eigenvalue weighted by molar-refractivity contribution is 5.90. The van der Waals surface area contributed by atoms with E-state index in [1.807, 2.05) is 0 Å². The number of nitrogens with one attached hydrogen (secondary N) is 2. The van der Waals surface area contributed by atoms with Gasteiger partial charge in [-0.05, 0) is 37.9 Å². The van der Waals surface area contributed by atoms with Gasteiger partial charge in [0.05, 0.1) is 0 Å². The molecule has 1 aromatic rings. The molecule has 1 unspecified atom stereocenters. The minimum absolute atomic E-state index is 0.0178. The topological polar surface area (TPSA) is 93.5 Å². The fourth-order valence-electron chi connectivity index (χ4n) is 2.35. The summed E-state index contributed by atoms with van der Waals surface area (Å²) < 4.78 is 5.20. The summed E-state index contributed by atoms with van der Waals surface area (Å²) in [5.74, 6) is -0.0479. The molecule has 2 amide bonds. The summed E-state index contributed by atoms with van der Waals surface area (Å²) in [4.78, 5) is 22.6. The number of hydrogen-bond donors (Lipinski definition) is 3. The van der Waals surface area contributed by atoms with Crippen molar-refractivity contribution in [2.45, 2.75) is 31.7 Å². The lowest BCUT2D eigenvalue weighted by atomic mass is 10.1. The van der Waals surface area contributed by atoms with E-state index in [2.05, 4.69) is 10.6 Å². The maximum Gasteiger partial charge on any atom is 0.255 e. The van der Waals surface area contributed by atoms with Crippen LogP contribution in [-0.4, -0.2) is 31.0 Å². The Morgan fingerprint density at radius 1 is 1.43 bits per heavy atom. The van der Waals surface area contributed by atoms with Crippen LogP contribution in [0.2, 0.25) is 0 Å². The maximum atomic E-state index is 11.9. The second-order valence-electron chi connectivity index (χ2n) is 5.16. The van der Waals surface area contributed by atoms with Crippen LogP contribution < -0.4 is 21.1 Å². The molecule has 1 saturated heterocycles. The van der Waals surface area contributed by atoms with E-state index >= 15 is 0 Å². The summed E-state index contributed by atoms with van der Waals surface area (Å²) in [6.45, 7) is 0.871. The first kappa shape index (κ1) is 15.3. The third kappa shape index (κ3) is 5.43. The van der Waals surface area contributed by atoms with Crippen LogP contribution in [0.5, 0.6) is 5.75 Å². The molecule has 1 aliphatic heterocycles. The first-order valence-corrected chi connectivity index (χ1v) is 7.18. The third-order valence-electron chi connectivity index (χ3n) is 3.38. The Labute approximate surface area is 124 Å². The number of hydrogen-bond acceptors (Lipinski definition) is 4. The molecule has 1 aliphatic rings. The van der Waals surface area contributed by atoms with Crippen molar-refractivity contribution in [3.8, 4) is 5.75 Å². The highest BCUT2D eigenvalue weighted by Gasteiger charge is 2.15. The van der Waals surface area contributed by atoms with Crippen molar-refractivity contribution >= 4 is 17.5 Å². The van der Waals surface area contributed by atoms with Gasteiger partial charge >= 0.3 is 0 Å². The van der Waals surface area contributed by atoms with Gasteiger partial charge in [-0.2, -0.15) is 0 Å². The monoisotopic (exact) mass is 291 g/mol. The first-order valence-electron chi connectivity index (χ1n) is 7.18. The summed E-state index contributed by atoms with van der Waals surface area (Å²) in [6, 6.07) is 7.38. The molecule has 6 nitrogen and oxygen atoms in total. The zero-order valence-corrected chi connectivity index (χ0v) is 11.9. The Morgan fingerprint density at radius 2 is 2.29 bits per heavy atom. The SMILES string of the molecule is NC(=O)COc1cccc(NC(=O)CCC2CCCN2)c1. The van der Waals surface area contributed by atoms with E-state index in [9.17, 15) is 9.59 Å². The van der Waals surface area contributed by atoms with Crippen LogP contribution in [0.4, 0.5) is 5.69 Å². The van der Waals surface area contributed by atoms with Gasteiger partial charge in [0.25, 0.3) is 5.91 Å². The quantitative estimate of drug-likeness (QED) is 0.699. The van der Waals surface area contributed by atoms with Crippen LogP contribution in [0.1, 0.15) is 25.7 Å². The van der Waals surface area contributed by atoms with Crippen molar-refractivity contribution in [3.63, 3.8) is 0 Å². The van der Waals surface area contributed by atoms with Crippen molar-refractivity contribution < 1.29 is 14.3 Å². The lowest BCUT2D eigenvalue weighted by Crippen LogP contribution is -2.23. The predicted octanol–water partition coefficient (Wildman–Crippen LogP) is 1.02. The highest BCUT2D eigenvalue weighted by Crippen LogP contribution is 2.18. The number of nitrogens with two attached hydrogens (primary N) is 1. The minimum atomic E-state index is -0.534. The average Bonchev–Trinajstić information content (AvgIpc) is 2.97. The molecule has 21 heavy (non-hydrogen) atoms. The molecule has 0 aromatic heterocycles. The molecule has 114 valence electrons. The number of rotatable bonds is 7. The van der Waals surface area contributed by atoms with Crippen LogP contribution in [0.25, 0.3) is 0 Å². The Hall–Kier alpha value is -2.08. The molecule has 0 aliphatic carbocycles. The minimum Gasteiger partial charge on any atom is -0.484 e. The normalized spacial score (nSPS) is 17.4. The molecule has 4 N–H and O–H groups in total. The van der Waals surface area contributed by atoms with Gasteiger partial charge in [-0.15, -0.1) is 0 Å². The Kier molecular flexibility index (Phi) is 5.57. The fourth-order valence-corrected chi connectivity index (χ4v) is 2.35. The molecule has 1 fully saturated rings. The number of benzene rings is 1. The summed E-state index contributed by atoms with van der Waals surface area (Å²) in [5.41, 5.74) is 5.67. The largest absolute Gasteiger partial charge is 0.484 e. The zero-order valence-electron chi connectivity index (χ0n) is 11.9. The Bertz CT molecular complexity index is 499. The number of amides is 2. The van der Waals surface area contributed by atoms with Gasteiger partial charge in [-0.1, -0.05) is 6.07 Å². The van der Waals surface area contributed by atoms with E-state index in [1.54, 1.807) is 24.3 Å². The predicted molar refractivity (Wildman–Crippen MR) is 80.0 cm³/mol. The summed E-state index contributed by atoms with van der Waals surface area (Å²) in [7, 11) is 0. The zero-order chi connectivity index (χ0) is 15.1. The summed E-state index contributed by atoms with van der Waals surface area (Å²) in [5, 5.41) is 6.20. The van der Waals surface area contributed by atoms with E-state index in [4.69, 9.17) is 10.5 Å². The fraction of sp³-hybridized carbons (Fsp3) is 0.467. The van der Waals surface area contributed by atoms with Crippen LogP contribution in [0, 0.1) is 0 Å². The number of anilines is 1. The van der Waals surface area contributed by atoms with Gasteiger partial charge in [-0.3, -0.25) is 9.59 Å². The lowest BCUT2D eigenvalue weighted by Gasteiger charge is -2.11. The summed E-state index contributed by atoms with van der Waals surface area (Å²) >= 11 is 0. The second kappa shape index (κ2) is 7.64. The van der Waals surface area contributed by atoms with Gasteiger partial charge in [0.2, 0.25) is 5.91 Å². The molecule has 0 saturated carbocycles. The van der Waals surface area contributed by atoms with Gasteiger partial charge in [0, 0.05) is 24.2 Å². The molecule has 6 heteroatoms. The van der Waals surface area contributed by atoms with Crippen LogP contribution in [0.15, 0.2) is 24.3 Å². The van der Waals surface area contributed by atoms with Gasteiger partial charge in [0.15, 0.2) is 6.61 Å². The molecule has 1 heterocycles. The van der Waals surface area contributed by atoms with Gasteiger partial charge in [0.1, 0.15) is 5.75 Å². The van der Waals surface area contributed by atoms with Gasteiger partial charge < -0.3 is 21.1 Å². The maximum absolute atomic E-state index is 11.9. The van der Waals surface area contributed by atoms with E-state index in [0.29, 0.717) is 23.9 Å². The lowest BCUT2D eigenvalue weighted by molar-refractivity contribution is -0.120. The molecule has 0 radical (unpaired) electrons. The second-order valence-corrected chi connectivity index (χ2v) is 5.16. The Balaban J connectivity index is 1.79. The van der Waals surface area contributed by atoms with Crippen molar-refractivity contribution in [1.82, 2.24) is 5.32 Å².